The van der Waals surface area contributed by atoms with Crippen molar-refractivity contribution in [3.05, 3.63) is 53.6 Å². The van der Waals surface area contributed by atoms with Gasteiger partial charge in [0.25, 0.3) is 0 Å². The van der Waals surface area contributed by atoms with Gasteiger partial charge < -0.3 is 19.9 Å². The Labute approximate surface area is 118 Å². The van der Waals surface area contributed by atoms with Crippen LogP contribution in [0.5, 0.6) is 17.2 Å². The zero-order valence-electron chi connectivity index (χ0n) is 11.3. The summed E-state index contributed by atoms with van der Waals surface area (Å²) in [6.45, 7) is 2.88. The highest BCUT2D eigenvalue weighted by atomic mass is 16.7. The number of rotatable bonds is 4. The fourth-order valence-corrected chi connectivity index (χ4v) is 2.24. The molecule has 0 bridgehead atoms. The number of phenols is 1. The fourth-order valence-electron chi connectivity index (χ4n) is 2.24. The van der Waals surface area contributed by atoms with Crippen molar-refractivity contribution in [1.29, 1.82) is 0 Å². The van der Waals surface area contributed by atoms with E-state index in [4.69, 9.17) is 9.47 Å². The lowest BCUT2D eigenvalue weighted by Gasteiger charge is -2.15. The molecule has 3 rings (SSSR count). The van der Waals surface area contributed by atoms with Crippen molar-refractivity contribution in [1.82, 2.24) is 5.32 Å². The van der Waals surface area contributed by atoms with Gasteiger partial charge in [-0.2, -0.15) is 0 Å². The number of aromatic hydroxyl groups is 1. The first-order chi connectivity index (χ1) is 9.74. The van der Waals surface area contributed by atoms with E-state index in [0.29, 0.717) is 18.0 Å². The van der Waals surface area contributed by atoms with Crippen LogP contribution in [0, 0.1) is 0 Å². The number of hydrogen-bond donors (Lipinski definition) is 2. The van der Waals surface area contributed by atoms with Gasteiger partial charge in [0, 0.05) is 24.2 Å². The molecule has 0 amide bonds. The van der Waals surface area contributed by atoms with Crippen molar-refractivity contribution in [3.63, 3.8) is 0 Å². The van der Waals surface area contributed by atoms with Gasteiger partial charge in [-0.05, 0) is 18.6 Å². The van der Waals surface area contributed by atoms with Gasteiger partial charge in [-0.25, -0.2) is 0 Å². The highest BCUT2D eigenvalue weighted by Crippen LogP contribution is 2.37. The largest absolute Gasteiger partial charge is 0.507 e. The Morgan fingerprint density at radius 2 is 1.85 bits per heavy atom. The standard InChI is InChI=1S/C16H17NO3/c1-11(12-5-3-2-4-6-12)17-9-13-7-15-16(8-14(13)18)20-10-19-15/h2-8,11,17-18H,9-10H2,1H3/t11-/m0/s1. The predicted molar refractivity (Wildman–Crippen MR) is 75.9 cm³/mol. The van der Waals surface area contributed by atoms with Crippen molar-refractivity contribution < 1.29 is 14.6 Å². The maximum Gasteiger partial charge on any atom is 0.231 e. The third-order valence-electron chi connectivity index (χ3n) is 3.47. The maximum atomic E-state index is 9.98. The van der Waals surface area contributed by atoms with Gasteiger partial charge in [0.2, 0.25) is 6.79 Å². The third-order valence-corrected chi connectivity index (χ3v) is 3.47. The Morgan fingerprint density at radius 3 is 2.60 bits per heavy atom. The molecule has 1 aliphatic rings. The van der Waals surface area contributed by atoms with Crippen molar-refractivity contribution in [2.24, 2.45) is 0 Å². The van der Waals surface area contributed by atoms with Gasteiger partial charge in [-0.1, -0.05) is 30.3 Å². The molecule has 0 saturated carbocycles. The van der Waals surface area contributed by atoms with E-state index in [1.54, 1.807) is 6.07 Å². The average molecular weight is 271 g/mol. The second-order valence-electron chi connectivity index (χ2n) is 4.85. The summed E-state index contributed by atoms with van der Waals surface area (Å²) in [6, 6.07) is 13.8. The molecule has 1 aliphatic heterocycles. The molecule has 4 heteroatoms. The van der Waals surface area contributed by atoms with Gasteiger partial charge in [-0.3, -0.25) is 0 Å². The monoisotopic (exact) mass is 271 g/mol. The quantitative estimate of drug-likeness (QED) is 0.897. The minimum atomic E-state index is 0.209. The summed E-state index contributed by atoms with van der Waals surface area (Å²) in [5.74, 6) is 1.51. The van der Waals surface area contributed by atoms with Crippen LogP contribution in [-0.2, 0) is 6.54 Å². The first kappa shape index (κ1) is 12.8. The van der Waals surface area contributed by atoms with Crippen LogP contribution in [0.3, 0.4) is 0 Å². The minimum Gasteiger partial charge on any atom is -0.507 e. The fraction of sp³-hybridized carbons (Fsp3) is 0.250. The zero-order valence-corrected chi connectivity index (χ0v) is 11.3. The second kappa shape index (κ2) is 5.43. The number of nitrogens with one attached hydrogen (secondary N) is 1. The van der Waals surface area contributed by atoms with E-state index >= 15 is 0 Å². The minimum absolute atomic E-state index is 0.209. The summed E-state index contributed by atoms with van der Waals surface area (Å²) in [5.41, 5.74) is 2.02. The van der Waals surface area contributed by atoms with E-state index in [1.807, 2.05) is 24.3 Å². The smallest absolute Gasteiger partial charge is 0.231 e. The molecule has 4 nitrogen and oxygen atoms in total. The van der Waals surface area contributed by atoms with Crippen molar-refractivity contribution in [2.75, 3.05) is 6.79 Å². The van der Waals surface area contributed by atoms with Crippen LogP contribution in [-0.4, -0.2) is 11.9 Å². The van der Waals surface area contributed by atoms with Crippen LogP contribution >= 0.6 is 0 Å². The van der Waals surface area contributed by atoms with Crippen LogP contribution in [0.25, 0.3) is 0 Å². The molecule has 0 aromatic heterocycles. The van der Waals surface area contributed by atoms with Crippen molar-refractivity contribution >= 4 is 0 Å². The molecule has 1 atom stereocenters. The summed E-state index contributed by atoms with van der Waals surface area (Å²) >= 11 is 0. The summed E-state index contributed by atoms with van der Waals surface area (Å²) in [5, 5.41) is 13.4. The summed E-state index contributed by atoms with van der Waals surface area (Å²) in [7, 11) is 0. The SMILES string of the molecule is C[C@H](NCc1cc2c(cc1O)OCO2)c1ccccc1. The molecule has 0 saturated heterocycles. The average Bonchev–Trinajstić information content (AvgIpc) is 2.92. The lowest BCUT2D eigenvalue weighted by molar-refractivity contribution is 0.174. The Morgan fingerprint density at radius 1 is 1.15 bits per heavy atom. The van der Waals surface area contributed by atoms with Crippen LogP contribution in [0.1, 0.15) is 24.1 Å². The predicted octanol–water partition coefficient (Wildman–Crippen LogP) is 2.97. The molecule has 0 aliphatic carbocycles. The zero-order chi connectivity index (χ0) is 13.9. The molecule has 104 valence electrons. The number of hydrogen-bond acceptors (Lipinski definition) is 4. The Kier molecular flexibility index (Phi) is 3.48. The highest BCUT2D eigenvalue weighted by molar-refractivity contribution is 5.51. The molecule has 2 N–H and O–H groups in total. The Bertz CT molecular complexity index is 598. The van der Waals surface area contributed by atoms with E-state index in [1.165, 1.54) is 5.56 Å². The van der Waals surface area contributed by atoms with Crippen molar-refractivity contribution in [3.8, 4) is 17.2 Å². The third kappa shape index (κ3) is 2.56. The van der Waals surface area contributed by atoms with Crippen LogP contribution in [0.2, 0.25) is 0 Å². The van der Waals surface area contributed by atoms with Gasteiger partial charge in [-0.15, -0.1) is 0 Å². The molecule has 2 aromatic rings. The molecule has 20 heavy (non-hydrogen) atoms. The number of phenolic OH excluding ortho intramolecular Hbond substituents is 1. The van der Waals surface area contributed by atoms with Gasteiger partial charge in [0.15, 0.2) is 11.5 Å². The number of benzene rings is 2. The van der Waals surface area contributed by atoms with Crippen LogP contribution in [0.15, 0.2) is 42.5 Å². The van der Waals surface area contributed by atoms with Crippen molar-refractivity contribution in [2.45, 2.75) is 19.5 Å². The molecule has 0 radical (unpaired) electrons. The van der Waals surface area contributed by atoms with E-state index in [2.05, 4.69) is 24.4 Å². The molecule has 0 spiro atoms. The first-order valence-corrected chi connectivity index (χ1v) is 6.64. The molecule has 2 aromatic carbocycles. The Hall–Kier alpha value is -2.20. The van der Waals surface area contributed by atoms with Gasteiger partial charge >= 0.3 is 0 Å². The van der Waals surface area contributed by atoms with E-state index in [0.717, 1.165) is 5.56 Å². The normalized spacial score (nSPS) is 14.2. The molecular formula is C16H17NO3. The summed E-state index contributed by atoms with van der Waals surface area (Å²) in [6.07, 6.45) is 0. The summed E-state index contributed by atoms with van der Waals surface area (Å²) < 4.78 is 10.6. The maximum absolute atomic E-state index is 9.98. The first-order valence-electron chi connectivity index (χ1n) is 6.64. The molecule has 0 fully saturated rings. The van der Waals surface area contributed by atoms with E-state index in [9.17, 15) is 5.11 Å². The van der Waals surface area contributed by atoms with Crippen LogP contribution in [0.4, 0.5) is 0 Å². The lowest BCUT2D eigenvalue weighted by atomic mass is 10.1. The highest BCUT2D eigenvalue weighted by Gasteiger charge is 2.17. The van der Waals surface area contributed by atoms with Crippen LogP contribution < -0.4 is 14.8 Å². The Balaban J connectivity index is 1.70. The van der Waals surface area contributed by atoms with E-state index in [-0.39, 0.29) is 18.6 Å². The number of fused-ring (bicyclic) bond motifs is 1. The van der Waals surface area contributed by atoms with Gasteiger partial charge in [0.1, 0.15) is 5.75 Å². The summed E-state index contributed by atoms with van der Waals surface area (Å²) in [4.78, 5) is 0. The second-order valence-corrected chi connectivity index (χ2v) is 4.85. The topological polar surface area (TPSA) is 50.7 Å². The van der Waals surface area contributed by atoms with E-state index < -0.39 is 0 Å². The molecule has 1 heterocycles. The lowest BCUT2D eigenvalue weighted by Crippen LogP contribution is -2.18. The number of ether oxygens (including phenoxy) is 2. The van der Waals surface area contributed by atoms with Gasteiger partial charge in [0.05, 0.1) is 0 Å². The molecule has 0 unspecified atom stereocenters. The molecular weight excluding hydrogens is 254 g/mol.